The third kappa shape index (κ3) is 5.29. The van der Waals surface area contributed by atoms with Crippen LogP contribution in [0.4, 0.5) is 0 Å². The number of hydrogen-bond donors (Lipinski definition) is 0. The number of methoxy groups -OCH3 is 1. The third-order valence-corrected chi connectivity index (χ3v) is 2.01. The van der Waals surface area contributed by atoms with Gasteiger partial charge in [-0.3, -0.25) is 4.79 Å². The van der Waals surface area contributed by atoms with Crippen molar-refractivity contribution >= 4 is 27.7 Å². The Bertz CT molecular complexity index is 156. The lowest BCUT2D eigenvalue weighted by Crippen LogP contribution is -2.14. The average Bonchev–Trinajstić information content (AvgIpc) is 2.10. The quantitative estimate of drug-likeness (QED) is 0.305. The first-order valence-corrected chi connectivity index (χ1v) is 5.01. The number of halogens is 1. The molecule has 0 saturated heterocycles. The summed E-state index contributed by atoms with van der Waals surface area (Å²) in [5.74, 6) is -1.15. The van der Waals surface area contributed by atoms with E-state index in [0.29, 0.717) is 6.42 Å². The second-order valence-electron chi connectivity index (χ2n) is 2.41. The molecule has 0 aromatic heterocycles. The first-order valence-electron chi connectivity index (χ1n) is 3.89. The van der Waals surface area contributed by atoms with Gasteiger partial charge in [-0.1, -0.05) is 22.4 Å². The van der Waals surface area contributed by atoms with Gasteiger partial charge in [0.15, 0.2) is 0 Å². The molecule has 0 saturated carbocycles. The minimum absolute atomic E-state index is 0.305. The van der Waals surface area contributed by atoms with Crippen molar-refractivity contribution in [3.05, 3.63) is 0 Å². The van der Waals surface area contributed by atoms with E-state index in [-0.39, 0.29) is 0 Å². The smallest absolute Gasteiger partial charge is 0.374 e. The molecule has 0 aliphatic heterocycles. The maximum Gasteiger partial charge on any atom is 0.374 e. The number of unbranched alkanes of at least 4 members (excludes halogenated alkanes) is 2. The zero-order valence-electron chi connectivity index (χ0n) is 7.14. The molecular weight excluding hydrogens is 224 g/mol. The highest BCUT2D eigenvalue weighted by Crippen LogP contribution is 2.02. The van der Waals surface area contributed by atoms with E-state index >= 15 is 0 Å². The van der Waals surface area contributed by atoms with Gasteiger partial charge in [-0.15, -0.1) is 0 Å². The average molecular weight is 237 g/mol. The summed E-state index contributed by atoms with van der Waals surface area (Å²) in [7, 11) is 1.22. The topological polar surface area (TPSA) is 43.4 Å². The molecule has 0 unspecified atom stereocenters. The number of ketones is 1. The van der Waals surface area contributed by atoms with Crippen LogP contribution in [0, 0.1) is 0 Å². The predicted octanol–water partition coefficient (Wildman–Crippen LogP) is 1.68. The molecule has 0 bridgehead atoms. The van der Waals surface area contributed by atoms with Crippen LogP contribution in [0.25, 0.3) is 0 Å². The highest BCUT2D eigenvalue weighted by Gasteiger charge is 2.11. The van der Waals surface area contributed by atoms with Crippen LogP contribution in [0.1, 0.15) is 25.7 Å². The van der Waals surface area contributed by atoms with Gasteiger partial charge in [0.05, 0.1) is 7.11 Å². The van der Waals surface area contributed by atoms with Gasteiger partial charge in [0.2, 0.25) is 5.78 Å². The third-order valence-electron chi connectivity index (χ3n) is 1.45. The fourth-order valence-corrected chi connectivity index (χ4v) is 1.17. The highest BCUT2D eigenvalue weighted by molar-refractivity contribution is 9.09. The standard InChI is InChI=1S/C8H13BrO3/c1-12-8(11)7(10)5-3-2-4-6-9/h2-6H2,1H3. The molecule has 0 N–H and O–H groups in total. The molecule has 0 aromatic rings. The second-order valence-corrected chi connectivity index (χ2v) is 3.21. The first-order chi connectivity index (χ1) is 5.72. The van der Waals surface area contributed by atoms with E-state index in [1.54, 1.807) is 0 Å². The van der Waals surface area contributed by atoms with Crippen LogP contribution in [-0.2, 0) is 14.3 Å². The Morgan fingerprint density at radius 1 is 1.25 bits per heavy atom. The summed E-state index contributed by atoms with van der Waals surface area (Å²) >= 11 is 3.28. The van der Waals surface area contributed by atoms with Crippen molar-refractivity contribution in [2.24, 2.45) is 0 Å². The van der Waals surface area contributed by atoms with Gasteiger partial charge >= 0.3 is 5.97 Å². The van der Waals surface area contributed by atoms with Gasteiger partial charge < -0.3 is 4.74 Å². The highest BCUT2D eigenvalue weighted by atomic mass is 79.9. The molecular formula is C8H13BrO3. The number of esters is 1. The number of carbonyl (C=O) groups excluding carboxylic acids is 2. The molecule has 70 valence electrons. The number of alkyl halides is 1. The summed E-state index contributed by atoms with van der Waals surface area (Å²) in [6.45, 7) is 0. The summed E-state index contributed by atoms with van der Waals surface area (Å²) in [5, 5.41) is 0.944. The molecule has 0 radical (unpaired) electrons. The van der Waals surface area contributed by atoms with Gasteiger partial charge in [-0.2, -0.15) is 0 Å². The molecule has 0 atom stereocenters. The SMILES string of the molecule is COC(=O)C(=O)CCCCCBr. The number of Topliss-reactive ketones (excluding diaryl/α,β-unsaturated/α-hetero) is 1. The predicted molar refractivity (Wildman–Crippen MR) is 49.3 cm³/mol. The van der Waals surface area contributed by atoms with E-state index in [2.05, 4.69) is 20.7 Å². The van der Waals surface area contributed by atoms with Crippen LogP contribution < -0.4 is 0 Å². The van der Waals surface area contributed by atoms with Crippen molar-refractivity contribution in [3.63, 3.8) is 0 Å². The van der Waals surface area contributed by atoms with Gasteiger partial charge in [-0.25, -0.2) is 4.79 Å². The van der Waals surface area contributed by atoms with Gasteiger partial charge in [-0.05, 0) is 12.8 Å². The number of carbonyl (C=O) groups is 2. The molecule has 0 rings (SSSR count). The number of ether oxygens (including phenoxy) is 1. The van der Waals surface area contributed by atoms with Gasteiger partial charge in [0.1, 0.15) is 0 Å². The van der Waals surface area contributed by atoms with E-state index in [1.165, 1.54) is 7.11 Å². The van der Waals surface area contributed by atoms with Crippen molar-refractivity contribution < 1.29 is 14.3 Å². The maximum absolute atomic E-state index is 10.9. The molecule has 12 heavy (non-hydrogen) atoms. The normalized spacial score (nSPS) is 9.50. The maximum atomic E-state index is 10.9. The van der Waals surface area contributed by atoms with E-state index in [4.69, 9.17) is 0 Å². The molecule has 3 nitrogen and oxygen atoms in total. The Morgan fingerprint density at radius 2 is 1.92 bits per heavy atom. The zero-order valence-corrected chi connectivity index (χ0v) is 8.72. The Hall–Kier alpha value is -0.380. The fourth-order valence-electron chi connectivity index (χ4n) is 0.773. The van der Waals surface area contributed by atoms with Crippen molar-refractivity contribution in [2.75, 3.05) is 12.4 Å². The Balaban J connectivity index is 3.38. The Kier molecular flexibility index (Phi) is 7.05. The van der Waals surface area contributed by atoms with Crippen molar-refractivity contribution in [3.8, 4) is 0 Å². The fraction of sp³-hybridized carbons (Fsp3) is 0.750. The van der Waals surface area contributed by atoms with Crippen LogP contribution in [0.2, 0.25) is 0 Å². The summed E-state index contributed by atoms with van der Waals surface area (Å²) in [4.78, 5) is 21.4. The summed E-state index contributed by atoms with van der Waals surface area (Å²) < 4.78 is 4.27. The van der Waals surface area contributed by atoms with Gasteiger partial charge in [0.25, 0.3) is 0 Å². The molecule has 0 amide bonds. The summed E-state index contributed by atoms with van der Waals surface area (Å²) in [6.07, 6.45) is 3.07. The van der Waals surface area contributed by atoms with Gasteiger partial charge in [0, 0.05) is 11.8 Å². The molecule has 0 aliphatic carbocycles. The van der Waals surface area contributed by atoms with Crippen LogP contribution in [0.15, 0.2) is 0 Å². The van der Waals surface area contributed by atoms with Crippen molar-refractivity contribution in [1.82, 2.24) is 0 Å². The number of rotatable bonds is 6. The monoisotopic (exact) mass is 236 g/mol. The van der Waals surface area contributed by atoms with E-state index in [9.17, 15) is 9.59 Å². The lowest BCUT2D eigenvalue weighted by Gasteiger charge is -1.97. The van der Waals surface area contributed by atoms with Crippen LogP contribution in [-0.4, -0.2) is 24.2 Å². The van der Waals surface area contributed by atoms with Crippen molar-refractivity contribution in [1.29, 1.82) is 0 Å². The van der Waals surface area contributed by atoms with E-state index in [0.717, 1.165) is 24.6 Å². The molecule has 0 fully saturated rings. The molecule has 0 spiro atoms. The van der Waals surface area contributed by atoms with Crippen LogP contribution in [0.5, 0.6) is 0 Å². The first kappa shape index (κ1) is 11.6. The molecule has 4 heteroatoms. The van der Waals surface area contributed by atoms with E-state index < -0.39 is 11.8 Å². The lowest BCUT2D eigenvalue weighted by molar-refractivity contribution is -0.151. The van der Waals surface area contributed by atoms with E-state index in [1.807, 2.05) is 0 Å². The summed E-state index contributed by atoms with van der Waals surface area (Å²) in [6, 6.07) is 0. The minimum atomic E-state index is -0.728. The Labute approximate surface area is 80.6 Å². The lowest BCUT2D eigenvalue weighted by atomic mass is 10.1. The summed E-state index contributed by atoms with van der Waals surface area (Å²) in [5.41, 5.74) is 0. The van der Waals surface area contributed by atoms with Crippen LogP contribution >= 0.6 is 15.9 Å². The minimum Gasteiger partial charge on any atom is -0.463 e. The number of hydrogen-bond acceptors (Lipinski definition) is 3. The van der Waals surface area contributed by atoms with Crippen molar-refractivity contribution in [2.45, 2.75) is 25.7 Å². The van der Waals surface area contributed by atoms with Crippen LogP contribution in [0.3, 0.4) is 0 Å². The largest absolute Gasteiger partial charge is 0.463 e. The molecule has 0 aliphatic rings. The zero-order chi connectivity index (χ0) is 9.40. The molecule has 0 heterocycles. The molecule has 0 aromatic carbocycles. The second kappa shape index (κ2) is 7.28. The Morgan fingerprint density at radius 3 is 2.42 bits per heavy atom.